The molecule has 10 heteroatoms. The van der Waals surface area contributed by atoms with Gasteiger partial charge in [-0.05, 0) is 63.2 Å². The molecule has 0 saturated heterocycles. The fourth-order valence-electron chi connectivity index (χ4n) is 3.65. The number of carbonyl (C=O) groups is 2. The number of sulfonamides is 1. The van der Waals surface area contributed by atoms with Crippen molar-refractivity contribution >= 4 is 39.1 Å². The van der Waals surface area contributed by atoms with Crippen LogP contribution in [0.15, 0.2) is 83.8 Å². The van der Waals surface area contributed by atoms with Gasteiger partial charge in [-0.25, -0.2) is 12.8 Å². The molecule has 0 heterocycles. The van der Waals surface area contributed by atoms with Crippen LogP contribution in [0.25, 0.3) is 0 Å². The van der Waals surface area contributed by atoms with Crippen molar-refractivity contribution in [2.24, 2.45) is 0 Å². The fourth-order valence-corrected chi connectivity index (χ4v) is 5.21. The van der Waals surface area contributed by atoms with Crippen molar-refractivity contribution in [2.75, 3.05) is 10.8 Å². The van der Waals surface area contributed by atoms with Crippen LogP contribution in [0.2, 0.25) is 5.02 Å². The predicted molar refractivity (Wildman–Crippen MR) is 142 cm³/mol. The first-order chi connectivity index (χ1) is 17.5. The van der Waals surface area contributed by atoms with E-state index < -0.39 is 40.2 Å². The molecule has 0 spiro atoms. The van der Waals surface area contributed by atoms with Crippen molar-refractivity contribution in [3.63, 3.8) is 0 Å². The largest absolute Gasteiger partial charge is 0.352 e. The van der Waals surface area contributed by atoms with Gasteiger partial charge in [-0.2, -0.15) is 0 Å². The molecule has 0 fully saturated rings. The molecule has 0 saturated carbocycles. The Morgan fingerprint density at radius 1 is 0.919 bits per heavy atom. The molecule has 0 aliphatic rings. The molecule has 0 radical (unpaired) electrons. The van der Waals surface area contributed by atoms with Gasteiger partial charge >= 0.3 is 0 Å². The molecule has 1 atom stereocenters. The van der Waals surface area contributed by atoms with Crippen LogP contribution in [0, 0.1) is 5.82 Å². The summed E-state index contributed by atoms with van der Waals surface area (Å²) in [6.45, 7) is 4.24. The topological polar surface area (TPSA) is 86.8 Å². The second kappa shape index (κ2) is 12.2. The molecule has 3 aromatic carbocycles. The van der Waals surface area contributed by atoms with E-state index in [-0.39, 0.29) is 28.7 Å². The lowest BCUT2D eigenvalue weighted by Gasteiger charge is -2.32. The number of hydrogen-bond acceptors (Lipinski definition) is 4. The Hall–Kier alpha value is -3.43. The first-order valence-electron chi connectivity index (χ1n) is 11.7. The normalized spacial score (nSPS) is 12.2. The van der Waals surface area contributed by atoms with E-state index in [0.717, 1.165) is 4.31 Å². The van der Waals surface area contributed by atoms with Crippen molar-refractivity contribution < 1.29 is 22.4 Å². The number of rotatable bonds is 10. The minimum absolute atomic E-state index is 0.0102. The van der Waals surface area contributed by atoms with E-state index in [0.29, 0.717) is 5.02 Å². The average Bonchev–Trinajstić information content (AvgIpc) is 2.87. The van der Waals surface area contributed by atoms with Crippen LogP contribution < -0.4 is 9.62 Å². The summed E-state index contributed by atoms with van der Waals surface area (Å²) < 4.78 is 42.7. The molecule has 2 amide bonds. The minimum atomic E-state index is -4.17. The van der Waals surface area contributed by atoms with Crippen LogP contribution in [-0.2, 0) is 26.2 Å². The van der Waals surface area contributed by atoms with Gasteiger partial charge < -0.3 is 10.2 Å². The molecule has 0 aliphatic carbocycles. The Bertz CT molecular complexity index is 1340. The van der Waals surface area contributed by atoms with Gasteiger partial charge in [0.15, 0.2) is 0 Å². The van der Waals surface area contributed by atoms with Crippen LogP contribution in [0.3, 0.4) is 0 Å². The van der Waals surface area contributed by atoms with Crippen LogP contribution in [-0.4, -0.2) is 43.8 Å². The summed E-state index contributed by atoms with van der Waals surface area (Å²) in [7, 11) is -4.17. The Kier molecular flexibility index (Phi) is 9.29. The van der Waals surface area contributed by atoms with Crippen molar-refractivity contribution in [3.05, 3.63) is 95.3 Å². The van der Waals surface area contributed by atoms with Gasteiger partial charge in [0, 0.05) is 23.2 Å². The van der Waals surface area contributed by atoms with Gasteiger partial charge in [-0.3, -0.25) is 13.9 Å². The van der Waals surface area contributed by atoms with Gasteiger partial charge in [0.1, 0.15) is 18.4 Å². The number of amides is 2. The third-order valence-corrected chi connectivity index (χ3v) is 7.66. The lowest BCUT2D eigenvalue weighted by Crippen LogP contribution is -2.52. The Morgan fingerprint density at radius 3 is 2.11 bits per heavy atom. The van der Waals surface area contributed by atoms with Gasteiger partial charge in [0.05, 0.1) is 10.6 Å². The lowest BCUT2D eigenvalue weighted by molar-refractivity contribution is -0.139. The van der Waals surface area contributed by atoms with Gasteiger partial charge in [0.2, 0.25) is 11.8 Å². The van der Waals surface area contributed by atoms with Crippen molar-refractivity contribution in [2.45, 2.75) is 44.3 Å². The van der Waals surface area contributed by atoms with E-state index in [1.807, 2.05) is 0 Å². The third kappa shape index (κ3) is 7.08. The molecule has 37 heavy (non-hydrogen) atoms. The zero-order valence-corrected chi connectivity index (χ0v) is 22.3. The highest BCUT2D eigenvalue weighted by Crippen LogP contribution is 2.26. The number of nitrogens with zero attached hydrogens (tertiary/aromatic N) is 2. The Balaban J connectivity index is 2.02. The summed E-state index contributed by atoms with van der Waals surface area (Å²) in [6.07, 6.45) is 0. The maximum Gasteiger partial charge on any atom is 0.264 e. The van der Waals surface area contributed by atoms with E-state index in [2.05, 4.69) is 5.32 Å². The molecule has 1 N–H and O–H groups in total. The fraction of sp³-hybridized carbons (Fsp3) is 0.259. The summed E-state index contributed by atoms with van der Waals surface area (Å²) in [5.41, 5.74) is 0.413. The van der Waals surface area contributed by atoms with Crippen LogP contribution >= 0.6 is 11.6 Å². The molecular weight excluding hydrogens is 517 g/mol. The lowest BCUT2D eigenvalue weighted by atomic mass is 10.1. The van der Waals surface area contributed by atoms with E-state index in [9.17, 15) is 22.4 Å². The monoisotopic (exact) mass is 545 g/mol. The second-order valence-electron chi connectivity index (χ2n) is 8.75. The molecule has 3 rings (SSSR count). The maximum atomic E-state index is 14.5. The highest BCUT2D eigenvalue weighted by molar-refractivity contribution is 7.92. The molecule has 196 valence electrons. The molecular formula is C27H29ClFN3O4S. The van der Waals surface area contributed by atoms with E-state index >= 15 is 0 Å². The summed E-state index contributed by atoms with van der Waals surface area (Å²) in [6, 6.07) is 18.5. The number of anilines is 1. The molecule has 0 bridgehead atoms. The van der Waals surface area contributed by atoms with E-state index in [4.69, 9.17) is 11.6 Å². The summed E-state index contributed by atoms with van der Waals surface area (Å²) in [4.78, 5) is 27.7. The third-order valence-electron chi connectivity index (χ3n) is 5.62. The van der Waals surface area contributed by atoms with Crippen LogP contribution in [0.5, 0.6) is 0 Å². The van der Waals surface area contributed by atoms with Crippen molar-refractivity contribution in [3.8, 4) is 0 Å². The number of halogens is 2. The summed E-state index contributed by atoms with van der Waals surface area (Å²) in [5.74, 6) is -1.66. The van der Waals surface area contributed by atoms with Crippen LogP contribution in [0.4, 0.5) is 10.1 Å². The molecule has 3 aromatic rings. The second-order valence-corrected chi connectivity index (χ2v) is 11.1. The SMILES string of the molecule is CC(C)NC(=O)[C@H](C)N(Cc1ccccc1F)C(=O)CN(c1ccc(Cl)cc1)S(=O)(=O)c1ccccc1. The molecule has 0 aliphatic heterocycles. The first-order valence-corrected chi connectivity index (χ1v) is 13.5. The molecule has 0 aromatic heterocycles. The number of benzene rings is 3. The molecule has 0 unspecified atom stereocenters. The van der Waals surface area contributed by atoms with Gasteiger partial charge in [0.25, 0.3) is 10.0 Å². The summed E-state index contributed by atoms with van der Waals surface area (Å²) in [5, 5.41) is 3.15. The Labute approximate surface area is 221 Å². The zero-order chi connectivity index (χ0) is 27.2. The molecule has 7 nitrogen and oxygen atoms in total. The van der Waals surface area contributed by atoms with Gasteiger partial charge in [-0.1, -0.05) is 48.0 Å². The zero-order valence-electron chi connectivity index (χ0n) is 20.8. The van der Waals surface area contributed by atoms with E-state index in [1.54, 1.807) is 38.1 Å². The van der Waals surface area contributed by atoms with Crippen LogP contribution in [0.1, 0.15) is 26.3 Å². The first kappa shape index (κ1) is 28.1. The number of carbonyl (C=O) groups excluding carboxylic acids is 2. The number of nitrogens with one attached hydrogen (secondary N) is 1. The predicted octanol–water partition coefficient (Wildman–Crippen LogP) is 4.62. The highest BCUT2D eigenvalue weighted by Gasteiger charge is 2.33. The summed E-state index contributed by atoms with van der Waals surface area (Å²) >= 11 is 6.00. The standard InChI is InChI=1S/C27H29ClFN3O4S/c1-19(2)30-27(34)20(3)31(17-21-9-7-8-12-25(21)29)26(33)18-32(23-15-13-22(28)14-16-23)37(35,36)24-10-5-4-6-11-24/h4-16,19-20H,17-18H2,1-3H3,(H,30,34)/t20-/m0/s1. The number of hydrogen-bond donors (Lipinski definition) is 1. The van der Waals surface area contributed by atoms with Crippen molar-refractivity contribution in [1.82, 2.24) is 10.2 Å². The maximum absolute atomic E-state index is 14.5. The highest BCUT2D eigenvalue weighted by atomic mass is 35.5. The quantitative estimate of drug-likeness (QED) is 0.403. The minimum Gasteiger partial charge on any atom is -0.352 e. The van der Waals surface area contributed by atoms with Gasteiger partial charge in [-0.15, -0.1) is 0 Å². The average molecular weight is 546 g/mol. The Morgan fingerprint density at radius 2 is 1.51 bits per heavy atom. The van der Waals surface area contributed by atoms with E-state index in [1.165, 1.54) is 66.4 Å². The van der Waals surface area contributed by atoms with Crippen molar-refractivity contribution in [1.29, 1.82) is 0 Å². The smallest absolute Gasteiger partial charge is 0.264 e.